The van der Waals surface area contributed by atoms with E-state index >= 15 is 0 Å². The van der Waals surface area contributed by atoms with Crippen molar-refractivity contribution < 1.29 is 0 Å². The van der Waals surface area contributed by atoms with Crippen LogP contribution in [-0.2, 0) is 6.54 Å². The van der Waals surface area contributed by atoms with Crippen molar-refractivity contribution in [3.8, 4) is 0 Å². The molecular weight excluding hydrogens is 218 g/mol. The number of hydrogen-bond donors (Lipinski definition) is 0. The summed E-state index contributed by atoms with van der Waals surface area (Å²) in [7, 11) is 2.10. The van der Waals surface area contributed by atoms with E-state index in [9.17, 15) is 0 Å². The van der Waals surface area contributed by atoms with Crippen LogP contribution in [0.2, 0.25) is 0 Å². The van der Waals surface area contributed by atoms with Crippen molar-refractivity contribution in [2.75, 3.05) is 19.5 Å². The Balaban J connectivity index is 2.30. The standard InChI is InChI=1S/C14H16ClN/c1-16(10-9-15)11-13-7-4-6-12-5-2-3-8-14(12)13/h2-8H,9-11H2,1H3. The third-order valence-corrected chi connectivity index (χ3v) is 2.96. The van der Waals surface area contributed by atoms with Crippen molar-refractivity contribution >= 4 is 22.4 Å². The van der Waals surface area contributed by atoms with Crippen LogP contribution in [0.5, 0.6) is 0 Å². The Kier molecular flexibility index (Phi) is 3.81. The van der Waals surface area contributed by atoms with E-state index in [1.54, 1.807) is 0 Å². The monoisotopic (exact) mass is 233 g/mol. The molecule has 0 amide bonds. The van der Waals surface area contributed by atoms with Gasteiger partial charge in [0.25, 0.3) is 0 Å². The van der Waals surface area contributed by atoms with Gasteiger partial charge in [-0.2, -0.15) is 0 Å². The summed E-state index contributed by atoms with van der Waals surface area (Å²) in [6, 6.07) is 15.0. The molecule has 2 rings (SSSR count). The fourth-order valence-corrected chi connectivity index (χ4v) is 2.23. The number of rotatable bonds is 4. The molecule has 0 heterocycles. The zero-order valence-corrected chi connectivity index (χ0v) is 10.2. The summed E-state index contributed by atoms with van der Waals surface area (Å²) in [5.41, 5.74) is 1.37. The van der Waals surface area contributed by atoms with Crippen LogP contribution in [0.4, 0.5) is 0 Å². The molecule has 2 aromatic carbocycles. The first-order valence-corrected chi connectivity index (χ1v) is 6.06. The van der Waals surface area contributed by atoms with Gasteiger partial charge in [-0.1, -0.05) is 42.5 Å². The van der Waals surface area contributed by atoms with Gasteiger partial charge in [0.1, 0.15) is 0 Å². The largest absolute Gasteiger partial charge is 0.301 e. The maximum Gasteiger partial charge on any atom is 0.0351 e. The van der Waals surface area contributed by atoms with Gasteiger partial charge in [0.05, 0.1) is 0 Å². The number of alkyl halides is 1. The van der Waals surface area contributed by atoms with Gasteiger partial charge in [0.15, 0.2) is 0 Å². The van der Waals surface area contributed by atoms with E-state index in [4.69, 9.17) is 11.6 Å². The highest BCUT2D eigenvalue weighted by Gasteiger charge is 2.03. The third kappa shape index (κ3) is 2.55. The molecule has 0 aliphatic rings. The predicted molar refractivity (Wildman–Crippen MR) is 71.0 cm³/mol. The molecule has 0 atom stereocenters. The van der Waals surface area contributed by atoms with E-state index in [0.29, 0.717) is 5.88 Å². The minimum absolute atomic E-state index is 0.682. The average molecular weight is 234 g/mol. The van der Waals surface area contributed by atoms with Crippen molar-refractivity contribution in [1.82, 2.24) is 4.90 Å². The van der Waals surface area contributed by atoms with Crippen molar-refractivity contribution in [2.24, 2.45) is 0 Å². The third-order valence-electron chi connectivity index (χ3n) is 2.79. The zero-order chi connectivity index (χ0) is 11.4. The van der Waals surface area contributed by atoms with Crippen molar-refractivity contribution in [2.45, 2.75) is 6.54 Å². The summed E-state index contributed by atoms with van der Waals surface area (Å²) in [6.45, 7) is 1.87. The lowest BCUT2D eigenvalue weighted by Gasteiger charge is -2.16. The van der Waals surface area contributed by atoms with Gasteiger partial charge in [-0.3, -0.25) is 0 Å². The fourth-order valence-electron chi connectivity index (χ4n) is 1.94. The first kappa shape index (κ1) is 11.4. The van der Waals surface area contributed by atoms with Crippen LogP contribution in [0.25, 0.3) is 10.8 Å². The molecule has 84 valence electrons. The quantitative estimate of drug-likeness (QED) is 0.731. The van der Waals surface area contributed by atoms with Gasteiger partial charge in [-0.05, 0) is 23.4 Å². The van der Waals surface area contributed by atoms with Gasteiger partial charge >= 0.3 is 0 Å². The molecule has 0 saturated carbocycles. The Labute approximate surface area is 102 Å². The van der Waals surface area contributed by atoms with E-state index in [0.717, 1.165) is 13.1 Å². The lowest BCUT2D eigenvalue weighted by molar-refractivity contribution is 0.349. The average Bonchev–Trinajstić information content (AvgIpc) is 2.30. The molecule has 0 aromatic heterocycles. The highest BCUT2D eigenvalue weighted by atomic mass is 35.5. The van der Waals surface area contributed by atoms with Gasteiger partial charge < -0.3 is 4.90 Å². The molecule has 2 aromatic rings. The molecule has 0 spiro atoms. The second-order valence-electron chi connectivity index (χ2n) is 4.07. The molecule has 0 bridgehead atoms. The fraction of sp³-hybridized carbons (Fsp3) is 0.286. The minimum atomic E-state index is 0.682. The Morgan fingerprint density at radius 3 is 2.62 bits per heavy atom. The topological polar surface area (TPSA) is 3.24 Å². The lowest BCUT2D eigenvalue weighted by atomic mass is 10.0. The van der Waals surface area contributed by atoms with Crippen LogP contribution in [-0.4, -0.2) is 24.4 Å². The highest BCUT2D eigenvalue weighted by Crippen LogP contribution is 2.19. The van der Waals surface area contributed by atoms with Crippen LogP contribution in [0.3, 0.4) is 0 Å². The van der Waals surface area contributed by atoms with Crippen LogP contribution >= 0.6 is 11.6 Å². The second-order valence-corrected chi connectivity index (χ2v) is 4.44. The number of hydrogen-bond acceptors (Lipinski definition) is 1. The first-order valence-electron chi connectivity index (χ1n) is 5.52. The normalized spacial score (nSPS) is 11.2. The maximum absolute atomic E-state index is 5.74. The van der Waals surface area contributed by atoms with E-state index in [2.05, 4.69) is 54.4 Å². The molecule has 0 aliphatic carbocycles. The minimum Gasteiger partial charge on any atom is -0.301 e. The molecule has 0 radical (unpaired) electrons. The summed E-state index contributed by atoms with van der Waals surface area (Å²) in [4.78, 5) is 2.24. The Hall–Kier alpha value is -1.05. The summed E-state index contributed by atoms with van der Waals surface area (Å²) < 4.78 is 0. The number of fused-ring (bicyclic) bond motifs is 1. The summed E-state index contributed by atoms with van der Waals surface area (Å²) >= 11 is 5.74. The maximum atomic E-state index is 5.74. The Morgan fingerprint density at radius 2 is 1.81 bits per heavy atom. The van der Waals surface area contributed by atoms with Gasteiger partial charge in [0.2, 0.25) is 0 Å². The molecule has 0 unspecified atom stereocenters. The van der Waals surface area contributed by atoms with E-state index in [1.165, 1.54) is 16.3 Å². The van der Waals surface area contributed by atoms with Crippen molar-refractivity contribution in [1.29, 1.82) is 0 Å². The number of halogens is 1. The highest BCUT2D eigenvalue weighted by molar-refractivity contribution is 6.18. The van der Waals surface area contributed by atoms with E-state index in [-0.39, 0.29) is 0 Å². The van der Waals surface area contributed by atoms with Crippen LogP contribution in [0, 0.1) is 0 Å². The summed E-state index contributed by atoms with van der Waals surface area (Å²) in [6.07, 6.45) is 0. The molecule has 1 nitrogen and oxygen atoms in total. The predicted octanol–water partition coefficient (Wildman–Crippen LogP) is 3.51. The molecule has 0 saturated heterocycles. The molecule has 0 N–H and O–H groups in total. The van der Waals surface area contributed by atoms with Crippen molar-refractivity contribution in [3.63, 3.8) is 0 Å². The second kappa shape index (κ2) is 5.33. The lowest BCUT2D eigenvalue weighted by Crippen LogP contribution is -2.20. The summed E-state index contributed by atoms with van der Waals surface area (Å²) in [5, 5.41) is 2.64. The smallest absolute Gasteiger partial charge is 0.0351 e. The van der Waals surface area contributed by atoms with Crippen LogP contribution < -0.4 is 0 Å². The molecule has 2 heteroatoms. The number of nitrogens with zero attached hydrogens (tertiary/aromatic N) is 1. The van der Waals surface area contributed by atoms with Gasteiger partial charge in [-0.15, -0.1) is 11.6 Å². The van der Waals surface area contributed by atoms with Crippen molar-refractivity contribution in [3.05, 3.63) is 48.0 Å². The first-order chi connectivity index (χ1) is 7.81. The molecule has 0 aliphatic heterocycles. The van der Waals surface area contributed by atoms with Gasteiger partial charge in [0, 0.05) is 19.0 Å². The van der Waals surface area contributed by atoms with Crippen LogP contribution in [0.1, 0.15) is 5.56 Å². The Morgan fingerprint density at radius 1 is 1.06 bits per heavy atom. The molecule has 16 heavy (non-hydrogen) atoms. The Bertz CT molecular complexity index is 462. The van der Waals surface area contributed by atoms with E-state index in [1.807, 2.05) is 0 Å². The molecule has 0 fully saturated rings. The zero-order valence-electron chi connectivity index (χ0n) is 9.49. The van der Waals surface area contributed by atoms with Gasteiger partial charge in [-0.25, -0.2) is 0 Å². The van der Waals surface area contributed by atoms with Crippen LogP contribution in [0.15, 0.2) is 42.5 Å². The van der Waals surface area contributed by atoms with E-state index < -0.39 is 0 Å². The number of benzene rings is 2. The SMILES string of the molecule is CN(CCCl)Cc1cccc2ccccc12. The summed E-state index contributed by atoms with van der Waals surface area (Å²) in [5.74, 6) is 0.682. The molecular formula is C14H16ClN.